The molecule has 3 aromatic carbocycles. The highest BCUT2D eigenvalue weighted by Gasteiger charge is 2.40. The van der Waals surface area contributed by atoms with Gasteiger partial charge < -0.3 is 4.74 Å². The lowest BCUT2D eigenvalue weighted by Crippen LogP contribution is -2.38. The average Bonchev–Trinajstić information content (AvgIpc) is 3.17. The molecule has 5 heteroatoms. The third-order valence-corrected chi connectivity index (χ3v) is 6.39. The summed E-state index contributed by atoms with van der Waals surface area (Å²) in [5.74, 6) is 0.578. The molecule has 0 bridgehead atoms. The van der Waals surface area contributed by atoms with E-state index in [1.807, 2.05) is 30.5 Å². The number of halogens is 1. The highest BCUT2D eigenvalue weighted by Crippen LogP contribution is 2.42. The summed E-state index contributed by atoms with van der Waals surface area (Å²) in [6.07, 6.45) is 1.85. The number of benzene rings is 3. The fraction of sp³-hybridized carbons (Fsp3) is 0.0769. The quantitative estimate of drug-likeness (QED) is 0.216. The van der Waals surface area contributed by atoms with Crippen LogP contribution in [0, 0.1) is 3.70 Å². The summed E-state index contributed by atoms with van der Waals surface area (Å²) in [6.45, 7) is 0. The molecule has 0 aliphatic carbocycles. The molecule has 5 rings (SSSR count). The van der Waals surface area contributed by atoms with Crippen LogP contribution in [0.15, 0.2) is 103 Å². The maximum Gasteiger partial charge on any atom is 0.213 e. The summed E-state index contributed by atoms with van der Waals surface area (Å²) < 4.78 is 8.39. The lowest BCUT2D eigenvalue weighted by atomic mass is 9.77. The van der Waals surface area contributed by atoms with Crippen molar-refractivity contribution in [3.05, 3.63) is 124 Å². The van der Waals surface area contributed by atoms with E-state index in [1.54, 1.807) is 7.11 Å². The van der Waals surface area contributed by atoms with E-state index in [-0.39, 0.29) is 0 Å². The normalized spacial score (nSPS) is 11.5. The van der Waals surface area contributed by atoms with E-state index in [0.717, 1.165) is 31.3 Å². The molecular weight excluding hydrogens is 497 g/mol. The van der Waals surface area contributed by atoms with Crippen LogP contribution in [-0.2, 0) is 5.54 Å². The Bertz CT molecular complexity index is 1220. The van der Waals surface area contributed by atoms with Crippen molar-refractivity contribution in [3.63, 3.8) is 0 Å². The highest BCUT2D eigenvalue weighted by atomic mass is 127. The van der Waals surface area contributed by atoms with Gasteiger partial charge in [0.1, 0.15) is 9.24 Å². The van der Waals surface area contributed by atoms with Gasteiger partial charge in [0.15, 0.2) is 0 Å². The SMILES string of the molecule is COc1cc2c(I)nn(C(c3ccccc3)(c3ccccc3)c3ccccc3)c2cn1. The van der Waals surface area contributed by atoms with Crippen LogP contribution in [0.4, 0.5) is 0 Å². The molecule has 4 nitrogen and oxygen atoms in total. The van der Waals surface area contributed by atoms with Gasteiger partial charge in [0, 0.05) is 11.5 Å². The number of nitrogens with zero attached hydrogens (tertiary/aromatic N) is 3. The zero-order valence-electron chi connectivity index (χ0n) is 16.9. The van der Waals surface area contributed by atoms with Crippen molar-refractivity contribution < 1.29 is 4.74 Å². The van der Waals surface area contributed by atoms with Gasteiger partial charge in [-0.3, -0.25) is 0 Å². The number of methoxy groups -OCH3 is 1. The summed E-state index contributed by atoms with van der Waals surface area (Å²) in [5.41, 5.74) is 3.67. The number of aromatic nitrogens is 3. The fourth-order valence-corrected chi connectivity index (χ4v) is 4.88. The molecule has 31 heavy (non-hydrogen) atoms. The van der Waals surface area contributed by atoms with E-state index in [2.05, 4.69) is 105 Å². The van der Waals surface area contributed by atoms with Crippen molar-refractivity contribution in [2.24, 2.45) is 0 Å². The van der Waals surface area contributed by atoms with Gasteiger partial charge in [-0.25, -0.2) is 9.67 Å². The molecule has 0 saturated carbocycles. The summed E-state index contributed by atoms with van der Waals surface area (Å²) >= 11 is 2.29. The van der Waals surface area contributed by atoms with Crippen molar-refractivity contribution in [2.75, 3.05) is 7.11 Å². The second-order valence-corrected chi connectivity index (χ2v) is 8.28. The van der Waals surface area contributed by atoms with Gasteiger partial charge >= 0.3 is 0 Å². The van der Waals surface area contributed by atoms with Crippen LogP contribution in [0.3, 0.4) is 0 Å². The first kappa shape index (κ1) is 19.8. The molecule has 0 unspecified atom stereocenters. The van der Waals surface area contributed by atoms with E-state index in [4.69, 9.17) is 9.84 Å². The van der Waals surface area contributed by atoms with Crippen molar-refractivity contribution in [1.29, 1.82) is 0 Å². The summed E-state index contributed by atoms with van der Waals surface area (Å²) in [4.78, 5) is 4.51. The molecule has 2 aromatic heterocycles. The molecule has 0 fully saturated rings. The lowest BCUT2D eigenvalue weighted by molar-refractivity contribution is 0.398. The first-order valence-electron chi connectivity index (χ1n) is 10.0. The van der Waals surface area contributed by atoms with E-state index < -0.39 is 5.54 Å². The summed E-state index contributed by atoms with van der Waals surface area (Å²) in [5, 5.41) is 6.09. The molecule has 0 atom stereocenters. The van der Waals surface area contributed by atoms with Crippen LogP contribution in [0.2, 0.25) is 0 Å². The fourth-order valence-electron chi connectivity index (χ4n) is 4.23. The number of hydrogen-bond acceptors (Lipinski definition) is 3. The molecule has 0 aliphatic rings. The first-order chi connectivity index (χ1) is 15.2. The Kier molecular flexibility index (Phi) is 5.19. The van der Waals surface area contributed by atoms with Gasteiger partial charge in [-0.05, 0) is 39.3 Å². The standard InChI is InChI=1S/C26H20IN3O/c1-31-24-17-22-23(18-28-24)30(29-25(22)27)26(19-11-5-2-6-12-19,20-13-7-3-8-14-20)21-15-9-4-10-16-21/h2-18H,1H3. The highest BCUT2D eigenvalue weighted by molar-refractivity contribution is 14.1. The Balaban J connectivity index is 1.96. The molecular formula is C26H20IN3O. The number of fused-ring (bicyclic) bond motifs is 1. The minimum Gasteiger partial charge on any atom is -0.481 e. The number of rotatable bonds is 5. The zero-order chi connectivity index (χ0) is 21.3. The van der Waals surface area contributed by atoms with Gasteiger partial charge in [0.25, 0.3) is 0 Å². The Morgan fingerprint density at radius 1 is 0.774 bits per heavy atom. The number of ether oxygens (including phenoxy) is 1. The van der Waals surface area contributed by atoms with Crippen LogP contribution >= 0.6 is 22.6 Å². The van der Waals surface area contributed by atoms with Crippen LogP contribution in [0.5, 0.6) is 5.88 Å². The third kappa shape index (κ3) is 3.20. The van der Waals surface area contributed by atoms with E-state index in [9.17, 15) is 0 Å². The Morgan fingerprint density at radius 3 is 1.71 bits per heavy atom. The van der Waals surface area contributed by atoms with Crippen molar-refractivity contribution in [2.45, 2.75) is 5.54 Å². The maximum absolute atomic E-state index is 5.37. The molecule has 5 aromatic rings. The second-order valence-electron chi connectivity index (χ2n) is 7.25. The third-order valence-electron chi connectivity index (χ3n) is 5.60. The molecule has 0 saturated heterocycles. The van der Waals surface area contributed by atoms with E-state index in [0.29, 0.717) is 5.88 Å². The average molecular weight is 517 g/mol. The predicted octanol–water partition coefficient (Wildman–Crippen LogP) is 5.88. The van der Waals surface area contributed by atoms with E-state index >= 15 is 0 Å². The van der Waals surface area contributed by atoms with Crippen molar-refractivity contribution >= 4 is 33.5 Å². The zero-order valence-corrected chi connectivity index (χ0v) is 19.1. The molecule has 0 spiro atoms. The summed E-state index contributed by atoms with van der Waals surface area (Å²) in [7, 11) is 1.63. The molecule has 2 heterocycles. The minimum atomic E-state index is -0.665. The van der Waals surface area contributed by atoms with Gasteiger partial charge in [-0.15, -0.1) is 0 Å². The Morgan fingerprint density at radius 2 is 1.26 bits per heavy atom. The maximum atomic E-state index is 5.37. The Labute approximate surface area is 194 Å². The predicted molar refractivity (Wildman–Crippen MR) is 131 cm³/mol. The second kappa shape index (κ2) is 8.15. The Hall–Kier alpha value is -3.19. The lowest BCUT2D eigenvalue weighted by Gasteiger charge is -2.36. The van der Waals surface area contributed by atoms with Gasteiger partial charge in [-0.1, -0.05) is 91.0 Å². The molecule has 0 radical (unpaired) electrons. The van der Waals surface area contributed by atoms with Crippen molar-refractivity contribution in [3.8, 4) is 5.88 Å². The monoisotopic (exact) mass is 517 g/mol. The number of pyridine rings is 1. The van der Waals surface area contributed by atoms with Crippen LogP contribution < -0.4 is 4.74 Å². The molecule has 152 valence electrons. The largest absolute Gasteiger partial charge is 0.481 e. The molecule has 0 aliphatic heterocycles. The van der Waals surface area contributed by atoms with Crippen LogP contribution in [-0.4, -0.2) is 21.9 Å². The topological polar surface area (TPSA) is 39.9 Å². The van der Waals surface area contributed by atoms with E-state index in [1.165, 1.54) is 0 Å². The van der Waals surface area contributed by atoms with Crippen LogP contribution in [0.1, 0.15) is 16.7 Å². The molecule has 0 N–H and O–H groups in total. The molecule has 0 amide bonds. The number of hydrogen-bond donors (Lipinski definition) is 0. The van der Waals surface area contributed by atoms with Crippen LogP contribution in [0.25, 0.3) is 10.9 Å². The first-order valence-corrected chi connectivity index (χ1v) is 11.1. The van der Waals surface area contributed by atoms with Gasteiger partial charge in [0.05, 0.1) is 18.8 Å². The minimum absolute atomic E-state index is 0.578. The summed E-state index contributed by atoms with van der Waals surface area (Å²) in [6, 6.07) is 33.5. The smallest absolute Gasteiger partial charge is 0.213 e. The van der Waals surface area contributed by atoms with Gasteiger partial charge in [0.2, 0.25) is 5.88 Å². The van der Waals surface area contributed by atoms with Crippen molar-refractivity contribution in [1.82, 2.24) is 14.8 Å². The van der Waals surface area contributed by atoms with Gasteiger partial charge in [-0.2, -0.15) is 5.10 Å².